The molecule has 6 heteroatoms. The lowest BCUT2D eigenvalue weighted by Crippen LogP contribution is -2.44. The maximum absolute atomic E-state index is 5.25. The van der Waals surface area contributed by atoms with Gasteiger partial charge in [-0.05, 0) is 32.5 Å². The average Bonchev–Trinajstić information content (AvgIpc) is 2.59. The molecule has 0 radical (unpaired) electrons. The van der Waals surface area contributed by atoms with Crippen molar-refractivity contribution in [2.24, 2.45) is 32.5 Å². The van der Waals surface area contributed by atoms with Gasteiger partial charge in [-0.3, -0.25) is 0 Å². The van der Waals surface area contributed by atoms with Gasteiger partial charge in [0.05, 0.1) is 0 Å². The fourth-order valence-corrected chi connectivity index (χ4v) is 4.80. The van der Waals surface area contributed by atoms with Gasteiger partial charge in [0, 0.05) is 39.3 Å². The van der Waals surface area contributed by atoms with Gasteiger partial charge in [0.15, 0.2) is 0 Å². The summed E-state index contributed by atoms with van der Waals surface area (Å²) >= 11 is 0. The molecule has 0 amide bonds. The zero-order valence-electron chi connectivity index (χ0n) is 29.4. The van der Waals surface area contributed by atoms with Gasteiger partial charge in [0.25, 0.3) is 0 Å². The molecule has 0 aliphatic rings. The predicted molar refractivity (Wildman–Crippen MR) is 173 cm³/mol. The van der Waals surface area contributed by atoms with E-state index in [0.29, 0.717) is 0 Å². The Bertz CT molecular complexity index is 716. The van der Waals surface area contributed by atoms with Crippen LogP contribution < -0.4 is 14.7 Å². The van der Waals surface area contributed by atoms with E-state index >= 15 is 0 Å². The predicted octanol–water partition coefficient (Wildman–Crippen LogP) is 8.57. The Labute approximate surface area is 243 Å². The highest BCUT2D eigenvalue weighted by atomic mass is 15.4. The molecule has 0 saturated carbocycles. The van der Waals surface area contributed by atoms with Crippen molar-refractivity contribution in [2.45, 2.75) is 125 Å². The van der Waals surface area contributed by atoms with Gasteiger partial charge in [-0.2, -0.15) is 15.0 Å². The summed E-state index contributed by atoms with van der Waals surface area (Å²) in [4.78, 5) is 22.9. The van der Waals surface area contributed by atoms with Crippen LogP contribution in [-0.4, -0.2) is 54.2 Å². The first kappa shape index (κ1) is 35.4. The molecule has 0 aromatic carbocycles. The molecular formula is C33H66N6. The normalized spacial score (nSPS) is 14.0. The van der Waals surface area contributed by atoms with Crippen LogP contribution in [0.25, 0.3) is 0 Å². The van der Waals surface area contributed by atoms with Gasteiger partial charge in [-0.25, -0.2) is 0 Å². The second-order valence-electron chi connectivity index (χ2n) is 19.2. The van der Waals surface area contributed by atoms with Crippen molar-refractivity contribution in [3.05, 3.63) is 0 Å². The van der Waals surface area contributed by atoms with Crippen molar-refractivity contribution >= 4 is 17.8 Å². The van der Waals surface area contributed by atoms with Crippen LogP contribution in [-0.2, 0) is 0 Å². The molecule has 228 valence electrons. The Morgan fingerprint density at radius 2 is 0.436 bits per heavy atom. The van der Waals surface area contributed by atoms with Gasteiger partial charge in [-0.1, -0.05) is 125 Å². The van der Waals surface area contributed by atoms with Crippen molar-refractivity contribution in [2.75, 3.05) is 54.0 Å². The summed E-state index contributed by atoms with van der Waals surface area (Å²) in [5.41, 5.74) is 0.614. The van der Waals surface area contributed by atoms with Crippen molar-refractivity contribution < 1.29 is 0 Å². The van der Waals surface area contributed by atoms with Crippen LogP contribution >= 0.6 is 0 Å². The summed E-state index contributed by atoms with van der Waals surface area (Å²) in [6.07, 6.45) is 0. The average molecular weight is 547 g/mol. The third-order valence-electron chi connectivity index (χ3n) is 5.44. The summed E-state index contributed by atoms with van der Waals surface area (Å²) < 4.78 is 0. The number of aromatic nitrogens is 3. The summed E-state index contributed by atoms with van der Waals surface area (Å²) in [5.74, 6) is 2.38. The summed E-state index contributed by atoms with van der Waals surface area (Å²) in [6, 6.07) is 0. The Hall–Kier alpha value is -1.59. The minimum Gasteiger partial charge on any atom is -0.340 e. The Balaban J connectivity index is 3.96. The van der Waals surface area contributed by atoms with Crippen molar-refractivity contribution in [3.8, 4) is 0 Å². The van der Waals surface area contributed by atoms with E-state index in [-0.39, 0.29) is 32.5 Å². The quantitative estimate of drug-likeness (QED) is 0.309. The fraction of sp³-hybridized carbons (Fsp3) is 0.909. The summed E-state index contributed by atoms with van der Waals surface area (Å²) in [6.45, 7) is 46.6. The highest BCUT2D eigenvalue weighted by Crippen LogP contribution is 2.31. The molecule has 1 aromatic rings. The SMILES string of the molecule is CC(C)(C)CN(CC(C)(C)C)c1nc(N(CC(C)(C)C)CC(C)(C)C)nc(N(CC(C)(C)C)CC(C)(C)C)n1. The molecule has 0 aliphatic heterocycles. The molecule has 0 spiro atoms. The highest BCUT2D eigenvalue weighted by Gasteiger charge is 2.31. The number of hydrogen-bond acceptors (Lipinski definition) is 6. The molecule has 39 heavy (non-hydrogen) atoms. The van der Waals surface area contributed by atoms with Crippen LogP contribution in [0.5, 0.6) is 0 Å². The number of nitrogens with zero attached hydrogens (tertiary/aromatic N) is 6. The van der Waals surface area contributed by atoms with E-state index in [1.165, 1.54) is 0 Å². The smallest absolute Gasteiger partial charge is 0.232 e. The van der Waals surface area contributed by atoms with Crippen molar-refractivity contribution in [1.82, 2.24) is 15.0 Å². The largest absolute Gasteiger partial charge is 0.340 e. The third-order valence-corrected chi connectivity index (χ3v) is 5.44. The number of rotatable bonds is 9. The first-order valence-electron chi connectivity index (χ1n) is 15.0. The lowest BCUT2D eigenvalue weighted by atomic mass is 9.92. The van der Waals surface area contributed by atoms with E-state index in [1.807, 2.05) is 0 Å². The van der Waals surface area contributed by atoms with Crippen LogP contribution in [0.1, 0.15) is 125 Å². The summed E-state index contributed by atoms with van der Waals surface area (Å²) in [5, 5.41) is 0. The van der Waals surface area contributed by atoms with Gasteiger partial charge in [0.2, 0.25) is 17.8 Å². The number of anilines is 3. The van der Waals surface area contributed by atoms with E-state index in [2.05, 4.69) is 139 Å². The van der Waals surface area contributed by atoms with Gasteiger partial charge in [-0.15, -0.1) is 0 Å². The lowest BCUT2D eigenvalue weighted by molar-refractivity contribution is 0.346. The van der Waals surface area contributed by atoms with Crippen molar-refractivity contribution in [3.63, 3.8) is 0 Å². The first-order chi connectivity index (χ1) is 17.0. The van der Waals surface area contributed by atoms with Crippen LogP contribution in [0.15, 0.2) is 0 Å². The maximum Gasteiger partial charge on any atom is 0.232 e. The molecule has 0 bridgehead atoms. The standard InChI is InChI=1S/C33H66N6/c1-28(2,3)19-37(20-29(4,5)6)25-34-26(38(21-30(7,8)9)22-31(10,11)12)36-27(35-25)39(23-32(13,14)15)24-33(16,17)18/h19-24H2,1-18H3. The van der Waals surface area contributed by atoms with Gasteiger partial charge < -0.3 is 14.7 Å². The zero-order valence-corrected chi connectivity index (χ0v) is 29.4. The van der Waals surface area contributed by atoms with E-state index in [4.69, 9.17) is 15.0 Å². The van der Waals surface area contributed by atoms with Crippen molar-refractivity contribution in [1.29, 1.82) is 0 Å². The van der Waals surface area contributed by atoms with Gasteiger partial charge >= 0.3 is 0 Å². The monoisotopic (exact) mass is 547 g/mol. The van der Waals surface area contributed by atoms with Crippen LogP contribution in [0.3, 0.4) is 0 Å². The minimum absolute atomic E-state index is 0.102. The second-order valence-corrected chi connectivity index (χ2v) is 19.2. The van der Waals surface area contributed by atoms with Crippen LogP contribution in [0.2, 0.25) is 0 Å². The third kappa shape index (κ3) is 15.7. The molecule has 6 nitrogen and oxygen atoms in total. The van der Waals surface area contributed by atoms with E-state index in [9.17, 15) is 0 Å². The minimum atomic E-state index is 0.102. The molecule has 1 aromatic heterocycles. The Kier molecular flexibility index (Phi) is 11.0. The highest BCUT2D eigenvalue weighted by molar-refractivity contribution is 5.47. The molecule has 0 atom stereocenters. The van der Waals surface area contributed by atoms with E-state index in [0.717, 1.165) is 57.1 Å². The molecule has 1 rings (SSSR count). The number of hydrogen-bond donors (Lipinski definition) is 0. The van der Waals surface area contributed by atoms with E-state index < -0.39 is 0 Å². The molecule has 0 unspecified atom stereocenters. The topological polar surface area (TPSA) is 48.4 Å². The first-order valence-corrected chi connectivity index (χ1v) is 15.0. The van der Waals surface area contributed by atoms with Gasteiger partial charge in [0.1, 0.15) is 0 Å². The second kappa shape index (κ2) is 12.1. The fourth-order valence-electron chi connectivity index (χ4n) is 4.80. The van der Waals surface area contributed by atoms with Crippen LogP contribution in [0, 0.1) is 32.5 Å². The molecule has 0 fully saturated rings. The van der Waals surface area contributed by atoms with E-state index in [1.54, 1.807) is 0 Å². The molecular weight excluding hydrogens is 480 g/mol. The molecule has 0 aliphatic carbocycles. The zero-order chi connectivity index (χ0) is 30.8. The summed E-state index contributed by atoms with van der Waals surface area (Å²) in [7, 11) is 0. The molecule has 0 N–H and O–H groups in total. The van der Waals surface area contributed by atoms with Crippen LogP contribution in [0.4, 0.5) is 17.8 Å². The molecule has 0 saturated heterocycles. The Morgan fingerprint density at radius 1 is 0.308 bits per heavy atom. The Morgan fingerprint density at radius 3 is 0.538 bits per heavy atom. The molecule has 1 heterocycles. The maximum atomic E-state index is 5.25. The lowest BCUT2D eigenvalue weighted by Gasteiger charge is -2.39.